The standard InChI is InChI=1S/C17H24N2O2/c20-17(13-19-11-4-9-18-10-12-19)21-16-8-3-6-14-5-1-2-7-15(14)16/h1-2,5,7,16,18H,3-4,6,8-13H2. The smallest absolute Gasteiger partial charge is 0.320 e. The highest BCUT2D eigenvalue weighted by molar-refractivity contribution is 5.72. The molecule has 0 aromatic heterocycles. The van der Waals surface area contributed by atoms with Crippen LogP contribution in [-0.2, 0) is 16.0 Å². The number of hydrogen-bond donors (Lipinski definition) is 1. The van der Waals surface area contributed by atoms with Gasteiger partial charge in [0.1, 0.15) is 6.10 Å². The van der Waals surface area contributed by atoms with Crippen LogP contribution in [0, 0.1) is 0 Å². The summed E-state index contributed by atoms with van der Waals surface area (Å²) in [6.07, 6.45) is 4.20. The number of esters is 1. The van der Waals surface area contributed by atoms with Gasteiger partial charge in [-0.15, -0.1) is 0 Å². The lowest BCUT2D eigenvalue weighted by Crippen LogP contribution is -2.34. The molecule has 21 heavy (non-hydrogen) atoms. The Bertz CT molecular complexity index is 481. The van der Waals surface area contributed by atoms with Crippen molar-refractivity contribution in [2.45, 2.75) is 31.8 Å². The molecule has 3 rings (SSSR count). The predicted molar refractivity (Wildman–Crippen MR) is 82.1 cm³/mol. The topological polar surface area (TPSA) is 41.6 Å². The number of rotatable bonds is 3. The second kappa shape index (κ2) is 7.05. The molecule has 1 N–H and O–H groups in total. The van der Waals surface area contributed by atoms with Crippen LogP contribution in [0.2, 0.25) is 0 Å². The molecule has 0 bridgehead atoms. The van der Waals surface area contributed by atoms with Gasteiger partial charge in [0.15, 0.2) is 0 Å². The minimum absolute atomic E-state index is 0.0486. The third-order valence-corrected chi connectivity index (χ3v) is 4.37. The zero-order valence-electron chi connectivity index (χ0n) is 12.5. The number of ether oxygens (including phenoxy) is 1. The Morgan fingerprint density at radius 2 is 2.14 bits per heavy atom. The molecule has 1 fully saturated rings. The van der Waals surface area contributed by atoms with Crippen LogP contribution >= 0.6 is 0 Å². The van der Waals surface area contributed by atoms with Gasteiger partial charge >= 0.3 is 5.97 Å². The average molecular weight is 288 g/mol. The fourth-order valence-electron chi connectivity index (χ4n) is 3.27. The quantitative estimate of drug-likeness (QED) is 0.863. The van der Waals surface area contributed by atoms with E-state index in [0.29, 0.717) is 6.54 Å². The molecular weight excluding hydrogens is 264 g/mol. The molecule has 1 aromatic carbocycles. The second-order valence-corrected chi connectivity index (χ2v) is 5.95. The van der Waals surface area contributed by atoms with Crippen LogP contribution in [0.5, 0.6) is 0 Å². The molecule has 114 valence electrons. The molecule has 0 saturated carbocycles. The molecule has 0 amide bonds. The number of benzene rings is 1. The van der Waals surface area contributed by atoms with Gasteiger partial charge in [-0.2, -0.15) is 0 Å². The highest BCUT2D eigenvalue weighted by Gasteiger charge is 2.24. The van der Waals surface area contributed by atoms with Crippen LogP contribution in [0.15, 0.2) is 24.3 Å². The monoisotopic (exact) mass is 288 g/mol. The molecule has 1 atom stereocenters. The van der Waals surface area contributed by atoms with Gasteiger partial charge in [-0.05, 0) is 49.9 Å². The van der Waals surface area contributed by atoms with Gasteiger partial charge < -0.3 is 10.1 Å². The summed E-state index contributed by atoms with van der Waals surface area (Å²) in [7, 11) is 0. The number of fused-ring (bicyclic) bond motifs is 1. The Labute approximate surface area is 126 Å². The van der Waals surface area contributed by atoms with Crippen molar-refractivity contribution in [1.29, 1.82) is 0 Å². The fraction of sp³-hybridized carbons (Fsp3) is 0.588. The zero-order valence-corrected chi connectivity index (χ0v) is 12.5. The number of nitrogens with zero attached hydrogens (tertiary/aromatic N) is 1. The Morgan fingerprint density at radius 3 is 3.10 bits per heavy atom. The van der Waals surface area contributed by atoms with E-state index >= 15 is 0 Å². The van der Waals surface area contributed by atoms with Crippen LogP contribution in [0.1, 0.15) is 36.5 Å². The summed E-state index contributed by atoms with van der Waals surface area (Å²) in [5.41, 5.74) is 2.54. The Hall–Kier alpha value is -1.39. The van der Waals surface area contributed by atoms with E-state index in [1.54, 1.807) is 0 Å². The lowest BCUT2D eigenvalue weighted by atomic mass is 9.89. The third-order valence-electron chi connectivity index (χ3n) is 4.37. The molecule has 1 aliphatic heterocycles. The van der Waals surface area contributed by atoms with Crippen LogP contribution in [0.3, 0.4) is 0 Å². The van der Waals surface area contributed by atoms with E-state index in [1.165, 1.54) is 11.1 Å². The van der Waals surface area contributed by atoms with Crippen LogP contribution < -0.4 is 5.32 Å². The van der Waals surface area contributed by atoms with Gasteiger partial charge in [0.2, 0.25) is 0 Å². The molecule has 4 heteroatoms. The van der Waals surface area contributed by atoms with Crippen LogP contribution in [0.4, 0.5) is 0 Å². The summed E-state index contributed by atoms with van der Waals surface area (Å²) < 4.78 is 5.76. The molecule has 4 nitrogen and oxygen atoms in total. The molecule has 1 saturated heterocycles. The Morgan fingerprint density at radius 1 is 1.24 bits per heavy atom. The predicted octanol–water partition coefficient (Wildman–Crippen LogP) is 1.90. The number of carbonyl (C=O) groups excluding carboxylic acids is 1. The van der Waals surface area contributed by atoms with Crippen molar-refractivity contribution in [3.8, 4) is 0 Å². The van der Waals surface area contributed by atoms with Crippen molar-refractivity contribution in [3.63, 3.8) is 0 Å². The van der Waals surface area contributed by atoms with E-state index in [0.717, 1.165) is 51.9 Å². The van der Waals surface area contributed by atoms with Gasteiger partial charge in [0, 0.05) is 13.1 Å². The number of carbonyl (C=O) groups is 1. The van der Waals surface area contributed by atoms with E-state index < -0.39 is 0 Å². The largest absolute Gasteiger partial charge is 0.457 e. The van der Waals surface area contributed by atoms with Crippen LogP contribution in [0.25, 0.3) is 0 Å². The molecule has 1 aliphatic carbocycles. The van der Waals surface area contributed by atoms with E-state index in [1.807, 2.05) is 6.07 Å². The Kier molecular flexibility index (Phi) is 4.88. The van der Waals surface area contributed by atoms with Gasteiger partial charge in [-0.3, -0.25) is 9.69 Å². The van der Waals surface area contributed by atoms with E-state index in [4.69, 9.17) is 4.74 Å². The summed E-state index contributed by atoms with van der Waals surface area (Å²) in [6.45, 7) is 4.32. The maximum absolute atomic E-state index is 12.2. The van der Waals surface area contributed by atoms with Gasteiger partial charge in [0.25, 0.3) is 0 Å². The van der Waals surface area contributed by atoms with Crippen molar-refractivity contribution in [1.82, 2.24) is 10.2 Å². The first-order valence-corrected chi connectivity index (χ1v) is 8.03. The number of aryl methyl sites for hydroxylation is 1. The molecule has 1 unspecified atom stereocenters. The summed E-state index contributed by atoms with van der Waals surface area (Å²) >= 11 is 0. The highest BCUT2D eigenvalue weighted by Crippen LogP contribution is 2.32. The minimum Gasteiger partial charge on any atom is -0.457 e. The third kappa shape index (κ3) is 3.83. The molecule has 1 aromatic rings. The van der Waals surface area contributed by atoms with Crippen molar-refractivity contribution < 1.29 is 9.53 Å². The van der Waals surface area contributed by atoms with Crippen molar-refractivity contribution in [3.05, 3.63) is 35.4 Å². The van der Waals surface area contributed by atoms with Crippen molar-refractivity contribution in [2.75, 3.05) is 32.7 Å². The van der Waals surface area contributed by atoms with E-state index in [-0.39, 0.29) is 12.1 Å². The van der Waals surface area contributed by atoms with Crippen molar-refractivity contribution >= 4 is 5.97 Å². The van der Waals surface area contributed by atoms with Crippen LogP contribution in [-0.4, -0.2) is 43.6 Å². The van der Waals surface area contributed by atoms with E-state index in [2.05, 4.69) is 28.4 Å². The summed E-state index contributed by atoms with van der Waals surface area (Å²) in [4.78, 5) is 14.4. The molecule has 2 aliphatic rings. The lowest BCUT2D eigenvalue weighted by Gasteiger charge is -2.26. The van der Waals surface area contributed by atoms with Gasteiger partial charge in [-0.1, -0.05) is 24.3 Å². The zero-order chi connectivity index (χ0) is 14.5. The normalized spacial score (nSPS) is 23.1. The second-order valence-electron chi connectivity index (χ2n) is 5.95. The van der Waals surface area contributed by atoms with E-state index in [9.17, 15) is 4.79 Å². The minimum atomic E-state index is -0.0846. The molecule has 0 radical (unpaired) electrons. The van der Waals surface area contributed by atoms with Crippen molar-refractivity contribution in [2.24, 2.45) is 0 Å². The van der Waals surface area contributed by atoms with Gasteiger partial charge in [0.05, 0.1) is 6.54 Å². The number of hydrogen-bond acceptors (Lipinski definition) is 4. The Balaban J connectivity index is 1.58. The summed E-state index contributed by atoms with van der Waals surface area (Å²) in [6, 6.07) is 8.34. The average Bonchev–Trinajstić information content (AvgIpc) is 2.76. The molecule has 1 heterocycles. The summed E-state index contributed by atoms with van der Waals surface area (Å²) in [5.74, 6) is -0.0846. The lowest BCUT2D eigenvalue weighted by molar-refractivity contribution is -0.151. The maximum Gasteiger partial charge on any atom is 0.320 e. The number of nitrogens with one attached hydrogen (secondary N) is 1. The first-order chi connectivity index (χ1) is 10.3. The maximum atomic E-state index is 12.2. The molecule has 0 spiro atoms. The van der Waals surface area contributed by atoms with Gasteiger partial charge in [-0.25, -0.2) is 0 Å². The molecular formula is C17H24N2O2. The highest BCUT2D eigenvalue weighted by atomic mass is 16.5. The first-order valence-electron chi connectivity index (χ1n) is 8.03. The summed E-state index contributed by atoms with van der Waals surface area (Å²) in [5, 5.41) is 3.35. The first kappa shape index (κ1) is 14.5. The SMILES string of the molecule is O=C(CN1CCCNCC1)OC1CCCc2ccccc21. The fourth-order valence-corrected chi connectivity index (χ4v) is 3.27.